The highest BCUT2D eigenvalue weighted by Crippen LogP contribution is 2.49. The first-order chi connectivity index (χ1) is 9.75. The predicted molar refractivity (Wildman–Crippen MR) is 85.9 cm³/mol. The maximum absolute atomic E-state index is 6.12. The van der Waals surface area contributed by atoms with Crippen LogP contribution in [0.1, 0.15) is 13.8 Å². The van der Waals surface area contributed by atoms with Gasteiger partial charge in [0.05, 0.1) is 11.7 Å². The minimum Gasteiger partial charge on any atom is -0.400 e. The van der Waals surface area contributed by atoms with E-state index in [4.69, 9.17) is 9.31 Å². The highest BCUT2D eigenvalue weighted by atomic mass is 31.1. The Morgan fingerprint density at radius 1 is 0.800 bits per heavy atom. The van der Waals surface area contributed by atoms with E-state index in [1.807, 2.05) is 24.3 Å². The van der Waals surface area contributed by atoms with Crippen LogP contribution in [-0.4, -0.2) is 18.8 Å². The maximum atomic E-state index is 6.12. The van der Waals surface area contributed by atoms with Gasteiger partial charge in [-0.2, -0.15) is 0 Å². The zero-order valence-electron chi connectivity index (χ0n) is 11.8. The molecule has 0 N–H and O–H groups in total. The fourth-order valence-corrected chi connectivity index (χ4v) is 5.03. The SMILES string of the molecule is CC1OB(c2ccccc2)OC(C)P1c1ccccc1. The summed E-state index contributed by atoms with van der Waals surface area (Å²) in [6.45, 7) is 4.32. The zero-order valence-corrected chi connectivity index (χ0v) is 12.7. The van der Waals surface area contributed by atoms with Crippen molar-refractivity contribution in [2.24, 2.45) is 0 Å². The molecule has 0 radical (unpaired) electrons. The molecule has 0 spiro atoms. The molecule has 1 aliphatic rings. The van der Waals surface area contributed by atoms with Crippen LogP contribution < -0.4 is 10.8 Å². The van der Waals surface area contributed by atoms with Gasteiger partial charge in [0.25, 0.3) is 0 Å². The van der Waals surface area contributed by atoms with E-state index in [1.165, 1.54) is 5.30 Å². The van der Waals surface area contributed by atoms with Gasteiger partial charge in [0, 0.05) is 0 Å². The van der Waals surface area contributed by atoms with E-state index in [-0.39, 0.29) is 18.8 Å². The monoisotopic (exact) mass is 284 g/mol. The molecule has 1 aliphatic heterocycles. The lowest BCUT2D eigenvalue weighted by Crippen LogP contribution is -2.46. The summed E-state index contributed by atoms with van der Waals surface area (Å²) in [5, 5.41) is 1.34. The molecule has 0 aliphatic carbocycles. The van der Waals surface area contributed by atoms with Crippen LogP contribution in [0.4, 0.5) is 0 Å². The number of hydrogen-bond acceptors (Lipinski definition) is 2. The molecular formula is C16H18BO2P. The predicted octanol–water partition coefficient (Wildman–Crippen LogP) is 2.93. The second-order valence-electron chi connectivity index (χ2n) is 4.96. The minimum atomic E-state index is -0.451. The van der Waals surface area contributed by atoms with Crippen molar-refractivity contribution in [3.8, 4) is 0 Å². The molecule has 4 heteroatoms. The largest absolute Gasteiger partial charge is 0.494 e. The van der Waals surface area contributed by atoms with Crippen molar-refractivity contribution in [2.45, 2.75) is 25.5 Å². The van der Waals surface area contributed by atoms with Crippen LogP contribution in [0.5, 0.6) is 0 Å². The van der Waals surface area contributed by atoms with Crippen molar-refractivity contribution in [3.63, 3.8) is 0 Å². The molecule has 2 atom stereocenters. The normalized spacial score (nSPS) is 26.5. The molecule has 1 heterocycles. The summed E-state index contributed by atoms with van der Waals surface area (Å²) in [7, 11) is -0.697. The van der Waals surface area contributed by atoms with Crippen molar-refractivity contribution in [1.82, 2.24) is 0 Å². The average molecular weight is 284 g/mol. The minimum absolute atomic E-state index is 0.196. The van der Waals surface area contributed by atoms with Crippen molar-refractivity contribution < 1.29 is 9.31 Å². The van der Waals surface area contributed by atoms with Gasteiger partial charge in [-0.25, -0.2) is 0 Å². The molecule has 2 aromatic rings. The lowest BCUT2D eigenvalue weighted by molar-refractivity contribution is 0.163. The smallest absolute Gasteiger partial charge is 0.400 e. The average Bonchev–Trinajstić information content (AvgIpc) is 2.48. The Balaban J connectivity index is 1.80. The summed E-state index contributed by atoms with van der Waals surface area (Å²) in [5.74, 6) is 0.391. The molecule has 0 saturated carbocycles. The Kier molecular flexibility index (Phi) is 4.21. The van der Waals surface area contributed by atoms with E-state index in [1.54, 1.807) is 0 Å². The molecule has 0 amide bonds. The summed E-state index contributed by atoms with van der Waals surface area (Å²) in [4.78, 5) is 0. The molecule has 3 rings (SSSR count). The molecule has 1 saturated heterocycles. The van der Waals surface area contributed by atoms with Crippen LogP contribution >= 0.6 is 7.92 Å². The molecule has 102 valence electrons. The molecule has 2 aromatic carbocycles. The first-order valence-electron chi connectivity index (χ1n) is 6.95. The van der Waals surface area contributed by atoms with Gasteiger partial charge in [0.2, 0.25) is 0 Å². The van der Waals surface area contributed by atoms with E-state index >= 15 is 0 Å². The first kappa shape index (κ1) is 13.8. The van der Waals surface area contributed by atoms with Gasteiger partial charge in [-0.1, -0.05) is 60.7 Å². The van der Waals surface area contributed by atoms with Gasteiger partial charge in [-0.05, 0) is 32.5 Å². The Hall–Kier alpha value is -1.15. The van der Waals surface area contributed by atoms with Crippen molar-refractivity contribution in [1.29, 1.82) is 0 Å². The standard InChI is InChI=1S/C16H18BO2P/c1-13-18-17(15-9-5-3-6-10-15)19-14(2)20(13)16-11-7-4-8-12-16/h3-14H,1-2H3. The maximum Gasteiger partial charge on any atom is 0.494 e. The van der Waals surface area contributed by atoms with Crippen LogP contribution in [0.25, 0.3) is 0 Å². The third kappa shape index (κ3) is 2.81. The Morgan fingerprint density at radius 2 is 1.30 bits per heavy atom. The fourth-order valence-electron chi connectivity index (χ4n) is 2.60. The Labute approximate surface area is 122 Å². The third-order valence-corrected chi connectivity index (χ3v) is 6.26. The van der Waals surface area contributed by atoms with Gasteiger partial charge in [-0.15, -0.1) is 0 Å². The topological polar surface area (TPSA) is 18.5 Å². The van der Waals surface area contributed by atoms with Crippen LogP contribution in [-0.2, 0) is 9.31 Å². The second kappa shape index (κ2) is 6.09. The molecule has 1 fully saturated rings. The molecular weight excluding hydrogens is 266 g/mol. The van der Waals surface area contributed by atoms with Crippen molar-refractivity contribution >= 4 is 25.8 Å². The van der Waals surface area contributed by atoms with Crippen LogP contribution in [0.2, 0.25) is 0 Å². The highest BCUT2D eigenvalue weighted by Gasteiger charge is 2.39. The van der Waals surface area contributed by atoms with Gasteiger partial charge in [-0.3, -0.25) is 0 Å². The Morgan fingerprint density at radius 3 is 1.85 bits per heavy atom. The number of rotatable bonds is 2. The molecule has 0 bridgehead atoms. The lowest BCUT2D eigenvalue weighted by Gasteiger charge is -2.38. The summed E-state index contributed by atoms with van der Waals surface area (Å²) in [6.07, 6.45) is 0. The molecule has 0 aromatic heterocycles. The lowest BCUT2D eigenvalue weighted by atomic mass is 9.79. The van der Waals surface area contributed by atoms with E-state index in [0.717, 1.165) is 5.46 Å². The zero-order chi connectivity index (χ0) is 13.9. The number of hydrogen-bond donors (Lipinski definition) is 0. The summed E-state index contributed by atoms with van der Waals surface area (Å²) >= 11 is 0. The van der Waals surface area contributed by atoms with Gasteiger partial charge in [0.15, 0.2) is 0 Å². The van der Waals surface area contributed by atoms with E-state index in [0.29, 0.717) is 0 Å². The molecule has 20 heavy (non-hydrogen) atoms. The summed E-state index contributed by atoms with van der Waals surface area (Å²) in [5.41, 5.74) is 1.09. The van der Waals surface area contributed by atoms with Gasteiger partial charge in [0.1, 0.15) is 0 Å². The quantitative estimate of drug-likeness (QED) is 0.623. The van der Waals surface area contributed by atoms with Crippen molar-refractivity contribution in [2.75, 3.05) is 0 Å². The third-order valence-electron chi connectivity index (χ3n) is 3.55. The Bertz CT molecular complexity index is 537. The first-order valence-corrected chi connectivity index (χ1v) is 8.43. The van der Waals surface area contributed by atoms with Crippen LogP contribution in [0.15, 0.2) is 60.7 Å². The van der Waals surface area contributed by atoms with E-state index < -0.39 is 7.92 Å². The summed E-state index contributed by atoms with van der Waals surface area (Å²) in [6, 6.07) is 20.7. The molecule has 2 unspecified atom stereocenters. The highest BCUT2D eigenvalue weighted by molar-refractivity contribution is 7.66. The van der Waals surface area contributed by atoms with E-state index in [9.17, 15) is 0 Å². The van der Waals surface area contributed by atoms with Crippen molar-refractivity contribution in [3.05, 3.63) is 60.7 Å². The molecule has 2 nitrogen and oxygen atoms in total. The van der Waals surface area contributed by atoms with E-state index in [2.05, 4.69) is 50.2 Å². The van der Waals surface area contributed by atoms with Crippen LogP contribution in [0.3, 0.4) is 0 Å². The van der Waals surface area contributed by atoms with Gasteiger partial charge < -0.3 is 9.31 Å². The fraction of sp³-hybridized carbons (Fsp3) is 0.250. The van der Waals surface area contributed by atoms with Crippen LogP contribution in [0, 0.1) is 0 Å². The number of benzene rings is 2. The summed E-state index contributed by atoms with van der Waals surface area (Å²) < 4.78 is 12.2. The van der Waals surface area contributed by atoms with Gasteiger partial charge >= 0.3 is 7.12 Å². The second-order valence-corrected chi connectivity index (χ2v) is 7.74.